The van der Waals surface area contributed by atoms with Gasteiger partial charge in [0.25, 0.3) is 0 Å². The highest BCUT2D eigenvalue weighted by atomic mass is 32.2. The average molecular weight is 418 g/mol. The van der Waals surface area contributed by atoms with E-state index < -0.39 is 0 Å². The molecule has 6 nitrogen and oxygen atoms in total. The van der Waals surface area contributed by atoms with Gasteiger partial charge in [-0.15, -0.1) is 0 Å². The summed E-state index contributed by atoms with van der Waals surface area (Å²) >= 11 is 1.38. The van der Waals surface area contributed by atoms with Gasteiger partial charge in [0, 0.05) is 23.2 Å². The molecule has 0 aliphatic rings. The zero-order valence-corrected chi connectivity index (χ0v) is 17.7. The van der Waals surface area contributed by atoms with Gasteiger partial charge in [0.2, 0.25) is 5.91 Å². The molecule has 0 unspecified atom stereocenters. The third-order valence-corrected chi connectivity index (χ3v) is 5.43. The van der Waals surface area contributed by atoms with Crippen LogP contribution in [0, 0.1) is 0 Å². The van der Waals surface area contributed by atoms with Crippen molar-refractivity contribution < 1.29 is 4.79 Å². The quantitative estimate of drug-likeness (QED) is 0.403. The molecule has 2 aromatic carbocycles. The fourth-order valence-electron chi connectivity index (χ4n) is 3.18. The molecule has 2 heterocycles. The maximum Gasteiger partial charge on any atom is 0.235 e. The first-order chi connectivity index (χ1) is 14.6. The maximum atomic E-state index is 12.5. The van der Waals surface area contributed by atoms with Gasteiger partial charge in [-0.2, -0.15) is 5.10 Å². The largest absolute Gasteiger partial charge is 0.332 e. The van der Waals surface area contributed by atoms with E-state index in [2.05, 4.69) is 15.4 Å². The molecule has 7 heteroatoms. The number of carbonyl (C=O) groups is 1. The van der Waals surface area contributed by atoms with Crippen LogP contribution in [0.25, 0.3) is 22.5 Å². The summed E-state index contributed by atoms with van der Waals surface area (Å²) in [5.41, 5.74) is 3.91. The Morgan fingerprint density at radius 2 is 1.70 bits per heavy atom. The summed E-state index contributed by atoms with van der Waals surface area (Å²) in [5.74, 6) is 0.852. The van der Waals surface area contributed by atoms with E-state index in [-0.39, 0.29) is 17.7 Å². The minimum Gasteiger partial charge on any atom is -0.332 e. The number of rotatable bonds is 7. The predicted octanol–water partition coefficient (Wildman–Crippen LogP) is 5.25. The van der Waals surface area contributed by atoms with Crippen molar-refractivity contribution >= 4 is 23.5 Å². The summed E-state index contributed by atoms with van der Waals surface area (Å²) in [6, 6.07) is 22.1. The molecule has 0 fully saturated rings. The Kier molecular flexibility index (Phi) is 5.99. The summed E-state index contributed by atoms with van der Waals surface area (Å²) in [4.78, 5) is 20.7. The number of aromatic amines is 1. The fraction of sp³-hybridized carbons (Fsp3) is 0.174. The number of nitrogens with zero attached hydrogens (tertiary/aromatic N) is 3. The molecule has 1 amide bonds. The highest BCUT2D eigenvalue weighted by molar-refractivity contribution is 7.99. The van der Waals surface area contributed by atoms with Gasteiger partial charge < -0.3 is 10.3 Å². The summed E-state index contributed by atoms with van der Waals surface area (Å²) in [6.45, 7) is 4.05. The second-order valence-electron chi connectivity index (χ2n) is 7.09. The lowest BCUT2D eigenvalue weighted by molar-refractivity contribution is -0.113. The van der Waals surface area contributed by atoms with Crippen molar-refractivity contribution in [3.8, 4) is 22.5 Å². The first kappa shape index (κ1) is 20.0. The fourth-order valence-corrected chi connectivity index (χ4v) is 3.85. The van der Waals surface area contributed by atoms with Crippen LogP contribution in [-0.4, -0.2) is 31.4 Å². The molecular weight excluding hydrogens is 394 g/mol. The molecule has 0 aliphatic heterocycles. The first-order valence-electron chi connectivity index (χ1n) is 9.79. The van der Waals surface area contributed by atoms with Crippen molar-refractivity contribution in [1.29, 1.82) is 0 Å². The highest BCUT2D eigenvalue weighted by Gasteiger charge is 2.16. The number of carbonyl (C=O) groups excluding carboxylic acids is 1. The standard InChI is InChI=1S/C23H23N5OS/c1-16(2)28-19(13-14-24-28)25-20(29)15-30-23-26-21(17-9-5-3-6-10-17)22(27-23)18-11-7-4-8-12-18/h3-14,16H,15H2,1-2H3,(H,25,29)(H,26,27). The van der Waals surface area contributed by atoms with Crippen molar-refractivity contribution in [2.24, 2.45) is 0 Å². The number of hydrogen-bond acceptors (Lipinski definition) is 4. The van der Waals surface area contributed by atoms with E-state index in [0.717, 1.165) is 22.5 Å². The molecular formula is C23H23N5OS. The van der Waals surface area contributed by atoms with E-state index in [1.807, 2.05) is 74.5 Å². The number of thioether (sulfide) groups is 1. The monoisotopic (exact) mass is 417 g/mol. The van der Waals surface area contributed by atoms with Gasteiger partial charge in [0.1, 0.15) is 5.82 Å². The molecule has 2 N–H and O–H groups in total. The minimum absolute atomic E-state index is 0.0960. The number of imidazole rings is 1. The Balaban J connectivity index is 1.53. The molecule has 4 rings (SSSR count). The zero-order chi connectivity index (χ0) is 20.9. The summed E-state index contributed by atoms with van der Waals surface area (Å²) in [6.07, 6.45) is 1.69. The van der Waals surface area contributed by atoms with Gasteiger partial charge in [-0.3, -0.25) is 4.79 Å². The maximum absolute atomic E-state index is 12.5. The SMILES string of the molecule is CC(C)n1nccc1NC(=O)CSc1nc(-c2ccccc2)c(-c2ccccc2)[nH]1. The molecule has 0 saturated heterocycles. The van der Waals surface area contributed by atoms with Gasteiger partial charge in [-0.05, 0) is 13.8 Å². The van der Waals surface area contributed by atoms with Crippen LogP contribution in [0.15, 0.2) is 78.1 Å². The summed E-state index contributed by atoms with van der Waals surface area (Å²) in [7, 11) is 0. The van der Waals surface area contributed by atoms with E-state index in [9.17, 15) is 4.79 Å². The van der Waals surface area contributed by atoms with E-state index in [4.69, 9.17) is 4.98 Å². The smallest absolute Gasteiger partial charge is 0.235 e. The lowest BCUT2D eigenvalue weighted by Crippen LogP contribution is -2.18. The molecule has 2 aromatic heterocycles. The third kappa shape index (κ3) is 4.46. The number of aromatic nitrogens is 4. The van der Waals surface area contributed by atoms with E-state index in [1.165, 1.54) is 11.8 Å². The van der Waals surface area contributed by atoms with Crippen LogP contribution in [-0.2, 0) is 4.79 Å². The van der Waals surface area contributed by atoms with Crippen LogP contribution in [0.4, 0.5) is 5.82 Å². The average Bonchev–Trinajstić information content (AvgIpc) is 3.41. The summed E-state index contributed by atoms with van der Waals surface area (Å²) < 4.78 is 1.79. The van der Waals surface area contributed by atoms with Crippen LogP contribution < -0.4 is 5.32 Å². The molecule has 0 radical (unpaired) electrons. The molecule has 0 spiro atoms. The topological polar surface area (TPSA) is 75.6 Å². The Labute approximate surface area is 179 Å². The third-order valence-electron chi connectivity index (χ3n) is 4.56. The number of H-pyrrole nitrogens is 1. The van der Waals surface area contributed by atoms with Gasteiger partial charge >= 0.3 is 0 Å². The predicted molar refractivity (Wildman–Crippen MR) is 121 cm³/mol. The Morgan fingerprint density at radius 1 is 1.03 bits per heavy atom. The minimum atomic E-state index is -0.0960. The van der Waals surface area contributed by atoms with Gasteiger partial charge in [-0.1, -0.05) is 72.4 Å². The van der Waals surface area contributed by atoms with Crippen molar-refractivity contribution in [3.63, 3.8) is 0 Å². The molecule has 30 heavy (non-hydrogen) atoms. The van der Waals surface area contributed by atoms with Crippen LogP contribution >= 0.6 is 11.8 Å². The Bertz CT molecular complexity index is 1060. The van der Waals surface area contributed by atoms with Crippen LogP contribution in [0.3, 0.4) is 0 Å². The molecule has 0 aliphatic carbocycles. The number of hydrogen-bond donors (Lipinski definition) is 2. The van der Waals surface area contributed by atoms with Gasteiger partial charge in [0.05, 0.1) is 23.3 Å². The van der Waals surface area contributed by atoms with Gasteiger partial charge in [-0.25, -0.2) is 9.67 Å². The second-order valence-corrected chi connectivity index (χ2v) is 8.05. The molecule has 4 aromatic rings. The van der Waals surface area contributed by atoms with Crippen molar-refractivity contribution in [3.05, 3.63) is 72.9 Å². The lowest BCUT2D eigenvalue weighted by atomic mass is 10.1. The van der Waals surface area contributed by atoms with Crippen molar-refractivity contribution in [2.75, 3.05) is 11.1 Å². The number of nitrogens with one attached hydrogen (secondary N) is 2. The van der Waals surface area contributed by atoms with Crippen molar-refractivity contribution in [2.45, 2.75) is 25.0 Å². The van der Waals surface area contributed by atoms with Crippen LogP contribution in [0.1, 0.15) is 19.9 Å². The molecule has 0 saturated carbocycles. The zero-order valence-electron chi connectivity index (χ0n) is 16.9. The van der Waals surface area contributed by atoms with Gasteiger partial charge in [0.15, 0.2) is 5.16 Å². The van der Waals surface area contributed by atoms with E-state index in [0.29, 0.717) is 11.0 Å². The number of amides is 1. The first-order valence-corrected chi connectivity index (χ1v) is 10.8. The molecule has 152 valence electrons. The Hall–Kier alpha value is -3.32. The lowest BCUT2D eigenvalue weighted by Gasteiger charge is -2.11. The van der Waals surface area contributed by atoms with Crippen molar-refractivity contribution in [1.82, 2.24) is 19.7 Å². The molecule has 0 atom stereocenters. The Morgan fingerprint density at radius 3 is 2.37 bits per heavy atom. The van der Waals surface area contributed by atoms with E-state index in [1.54, 1.807) is 16.9 Å². The van der Waals surface area contributed by atoms with Crippen LogP contribution in [0.5, 0.6) is 0 Å². The van der Waals surface area contributed by atoms with E-state index >= 15 is 0 Å². The summed E-state index contributed by atoms with van der Waals surface area (Å²) in [5, 5.41) is 7.88. The van der Waals surface area contributed by atoms with Crippen LogP contribution in [0.2, 0.25) is 0 Å². The number of anilines is 1. The molecule has 0 bridgehead atoms. The second kappa shape index (κ2) is 9.00. The highest BCUT2D eigenvalue weighted by Crippen LogP contribution is 2.32. The normalized spacial score (nSPS) is 11.0. The number of benzene rings is 2.